The largest absolute Gasteiger partial charge is 0.496 e. The third-order valence-corrected chi connectivity index (χ3v) is 5.26. The zero-order valence-electron chi connectivity index (χ0n) is 9.68. The van der Waals surface area contributed by atoms with E-state index in [9.17, 15) is 0 Å². The molecule has 0 radical (unpaired) electrons. The lowest BCUT2D eigenvalue weighted by Gasteiger charge is -2.46. The molecule has 1 aromatic rings. The Bertz CT molecular complexity index is 421. The quantitative estimate of drug-likeness (QED) is 0.749. The summed E-state index contributed by atoms with van der Waals surface area (Å²) in [4.78, 5) is 0. The van der Waals surface area contributed by atoms with E-state index in [1.807, 2.05) is 0 Å². The van der Waals surface area contributed by atoms with Crippen LogP contribution in [0.5, 0.6) is 5.75 Å². The molecule has 1 aromatic carbocycles. The summed E-state index contributed by atoms with van der Waals surface area (Å²) in [5, 5.41) is 0. The van der Waals surface area contributed by atoms with Crippen LogP contribution < -0.4 is 4.74 Å². The predicted molar refractivity (Wildman–Crippen MR) is 69.2 cm³/mol. The van der Waals surface area contributed by atoms with Gasteiger partial charge in [-0.1, -0.05) is 12.5 Å². The Balaban J connectivity index is 2.12. The third kappa shape index (κ3) is 1.35. The first kappa shape index (κ1) is 10.6. The van der Waals surface area contributed by atoms with E-state index in [4.69, 9.17) is 4.74 Å². The van der Waals surface area contributed by atoms with Gasteiger partial charge in [-0.3, -0.25) is 0 Å². The molecule has 1 fully saturated rings. The summed E-state index contributed by atoms with van der Waals surface area (Å²) in [6.45, 7) is 0. The van der Waals surface area contributed by atoms with Crippen molar-refractivity contribution in [2.24, 2.45) is 0 Å². The van der Waals surface area contributed by atoms with E-state index in [1.165, 1.54) is 48.6 Å². The van der Waals surface area contributed by atoms with E-state index in [1.54, 1.807) is 12.7 Å². The van der Waals surface area contributed by atoms with Crippen molar-refractivity contribution in [1.82, 2.24) is 0 Å². The van der Waals surface area contributed by atoms with Crippen molar-refractivity contribution in [3.05, 3.63) is 27.7 Å². The summed E-state index contributed by atoms with van der Waals surface area (Å²) in [6.07, 6.45) is 8.10. The minimum Gasteiger partial charge on any atom is -0.496 e. The topological polar surface area (TPSA) is 9.23 Å². The van der Waals surface area contributed by atoms with Gasteiger partial charge in [-0.25, -0.2) is 0 Å². The van der Waals surface area contributed by atoms with Gasteiger partial charge in [-0.15, -0.1) is 0 Å². The van der Waals surface area contributed by atoms with Gasteiger partial charge in [0.05, 0.1) is 11.6 Å². The molecule has 3 rings (SSSR count). The molecule has 0 heterocycles. The Morgan fingerprint density at radius 3 is 2.56 bits per heavy atom. The van der Waals surface area contributed by atoms with Crippen LogP contribution >= 0.6 is 15.9 Å². The average Bonchev–Trinajstić information content (AvgIpc) is 2.27. The van der Waals surface area contributed by atoms with Crippen LogP contribution in [0.1, 0.15) is 43.2 Å². The number of ether oxygens (including phenoxy) is 1. The summed E-state index contributed by atoms with van der Waals surface area (Å²) in [5.41, 5.74) is 3.63. The van der Waals surface area contributed by atoms with Crippen molar-refractivity contribution in [3.8, 4) is 5.75 Å². The molecule has 0 unspecified atom stereocenters. The Morgan fingerprint density at radius 1 is 1.19 bits per heavy atom. The second-order valence-corrected chi connectivity index (χ2v) is 5.89. The molecule has 0 N–H and O–H groups in total. The monoisotopic (exact) mass is 280 g/mol. The van der Waals surface area contributed by atoms with Crippen molar-refractivity contribution in [1.29, 1.82) is 0 Å². The summed E-state index contributed by atoms with van der Waals surface area (Å²) in [7, 11) is 1.74. The molecule has 2 aliphatic rings. The number of hydrogen-bond donors (Lipinski definition) is 0. The van der Waals surface area contributed by atoms with Crippen molar-refractivity contribution in [2.75, 3.05) is 7.11 Å². The lowest BCUT2D eigenvalue weighted by atomic mass is 9.58. The fraction of sp³-hybridized carbons (Fsp3) is 0.571. The van der Waals surface area contributed by atoms with Crippen LogP contribution in [-0.2, 0) is 11.8 Å². The zero-order chi connectivity index (χ0) is 11.2. The van der Waals surface area contributed by atoms with Gasteiger partial charge < -0.3 is 4.74 Å². The molecule has 0 saturated heterocycles. The number of halogens is 1. The number of benzene rings is 1. The molecule has 0 bridgehead atoms. The number of hydrogen-bond acceptors (Lipinski definition) is 1. The molecule has 1 nitrogen and oxygen atoms in total. The van der Waals surface area contributed by atoms with Crippen LogP contribution in [-0.4, -0.2) is 7.11 Å². The van der Waals surface area contributed by atoms with E-state index >= 15 is 0 Å². The van der Waals surface area contributed by atoms with Crippen molar-refractivity contribution in [2.45, 2.75) is 43.9 Å². The first-order chi connectivity index (χ1) is 7.77. The third-order valence-electron chi connectivity index (χ3n) is 4.39. The summed E-state index contributed by atoms with van der Waals surface area (Å²) in [6, 6.07) is 4.42. The smallest absolute Gasteiger partial charge is 0.133 e. The average molecular weight is 281 g/mol. The highest BCUT2D eigenvalue weighted by molar-refractivity contribution is 9.10. The van der Waals surface area contributed by atoms with E-state index in [2.05, 4.69) is 28.1 Å². The van der Waals surface area contributed by atoms with Gasteiger partial charge in [-0.2, -0.15) is 0 Å². The van der Waals surface area contributed by atoms with Gasteiger partial charge in [0.15, 0.2) is 0 Å². The van der Waals surface area contributed by atoms with Crippen LogP contribution in [0.3, 0.4) is 0 Å². The van der Waals surface area contributed by atoms with Crippen LogP contribution in [0.15, 0.2) is 16.6 Å². The first-order valence-corrected chi connectivity index (χ1v) is 6.92. The van der Waals surface area contributed by atoms with Gasteiger partial charge in [-0.05, 0) is 70.6 Å². The van der Waals surface area contributed by atoms with Gasteiger partial charge in [0.2, 0.25) is 0 Å². The lowest BCUT2D eigenvalue weighted by Crippen LogP contribution is -2.37. The van der Waals surface area contributed by atoms with Gasteiger partial charge in [0, 0.05) is 0 Å². The van der Waals surface area contributed by atoms with Crippen molar-refractivity contribution in [3.63, 3.8) is 0 Å². The summed E-state index contributed by atoms with van der Waals surface area (Å²) >= 11 is 3.71. The lowest BCUT2D eigenvalue weighted by molar-refractivity contribution is 0.208. The van der Waals surface area contributed by atoms with Crippen LogP contribution in [0.25, 0.3) is 0 Å². The highest BCUT2D eigenvalue weighted by atomic mass is 79.9. The Hall–Kier alpha value is -0.500. The van der Waals surface area contributed by atoms with E-state index in [0.717, 1.165) is 5.75 Å². The normalized spacial score (nSPS) is 21.4. The molecule has 0 aliphatic heterocycles. The maximum absolute atomic E-state index is 5.38. The SMILES string of the molecule is COc1ccc2c(c1Br)CCCC21CCC1. The van der Waals surface area contributed by atoms with Crippen molar-refractivity contribution >= 4 is 15.9 Å². The predicted octanol–water partition coefficient (Wildman–Crippen LogP) is 4.22. The maximum atomic E-state index is 5.38. The van der Waals surface area contributed by atoms with Crippen LogP contribution in [0.2, 0.25) is 0 Å². The highest BCUT2D eigenvalue weighted by Crippen LogP contribution is 2.53. The van der Waals surface area contributed by atoms with E-state index in [-0.39, 0.29) is 0 Å². The van der Waals surface area contributed by atoms with Crippen molar-refractivity contribution < 1.29 is 4.74 Å². The second-order valence-electron chi connectivity index (χ2n) is 5.10. The molecular formula is C14H17BrO. The number of methoxy groups -OCH3 is 1. The molecule has 1 saturated carbocycles. The fourth-order valence-corrected chi connectivity index (χ4v) is 4.07. The molecule has 0 atom stereocenters. The highest BCUT2D eigenvalue weighted by Gasteiger charge is 2.42. The minimum absolute atomic E-state index is 0.530. The number of rotatable bonds is 1. The number of fused-ring (bicyclic) bond motifs is 2. The molecule has 2 heteroatoms. The van der Waals surface area contributed by atoms with Crippen LogP contribution in [0.4, 0.5) is 0 Å². The van der Waals surface area contributed by atoms with Gasteiger partial charge in [0.25, 0.3) is 0 Å². The molecule has 16 heavy (non-hydrogen) atoms. The molecule has 0 amide bonds. The van der Waals surface area contributed by atoms with Gasteiger partial charge in [0.1, 0.15) is 5.75 Å². The fourth-order valence-electron chi connectivity index (χ4n) is 3.36. The van der Waals surface area contributed by atoms with E-state index in [0.29, 0.717) is 5.41 Å². The van der Waals surface area contributed by atoms with Gasteiger partial charge >= 0.3 is 0 Å². The standard InChI is InChI=1S/C14H17BrO/c1-16-12-6-5-11-10(13(12)15)4-2-7-14(11)8-3-9-14/h5-6H,2-4,7-9H2,1H3. The van der Waals surface area contributed by atoms with Crippen LogP contribution in [0, 0.1) is 0 Å². The minimum atomic E-state index is 0.530. The second kappa shape index (κ2) is 3.76. The Morgan fingerprint density at radius 2 is 1.94 bits per heavy atom. The van der Waals surface area contributed by atoms with E-state index < -0.39 is 0 Å². The molecular weight excluding hydrogens is 264 g/mol. The zero-order valence-corrected chi connectivity index (χ0v) is 11.3. The maximum Gasteiger partial charge on any atom is 0.133 e. The molecule has 2 aliphatic carbocycles. The summed E-state index contributed by atoms with van der Waals surface area (Å²) < 4.78 is 6.58. The molecule has 1 spiro atoms. The molecule has 86 valence electrons. The molecule has 0 aromatic heterocycles. The first-order valence-electron chi connectivity index (χ1n) is 6.13. The summed E-state index contributed by atoms with van der Waals surface area (Å²) in [5.74, 6) is 0.982. The Kier molecular flexibility index (Phi) is 2.50. The Labute approximate surface area is 105 Å².